The Bertz CT molecular complexity index is 650. The van der Waals surface area contributed by atoms with E-state index in [0.29, 0.717) is 18.4 Å². The third kappa shape index (κ3) is 2.55. The zero-order valence-electron chi connectivity index (χ0n) is 15.5. The molecule has 5 nitrogen and oxygen atoms in total. The first kappa shape index (κ1) is 18.2. The molecule has 138 valence electrons. The number of hydrogen-bond donors (Lipinski definition) is 1. The fourth-order valence-corrected chi connectivity index (χ4v) is 4.91. The van der Waals surface area contributed by atoms with Crippen molar-refractivity contribution in [2.24, 2.45) is 17.3 Å². The van der Waals surface area contributed by atoms with E-state index < -0.39 is 29.7 Å². The van der Waals surface area contributed by atoms with E-state index in [1.165, 1.54) is 0 Å². The van der Waals surface area contributed by atoms with Crippen LogP contribution in [0.3, 0.4) is 0 Å². The lowest BCUT2D eigenvalue weighted by atomic mass is 9.53. The molecular formula is C20H28O5. The lowest BCUT2D eigenvalue weighted by molar-refractivity contribution is -0.170. The summed E-state index contributed by atoms with van der Waals surface area (Å²) < 4.78 is 11.4. The van der Waals surface area contributed by atoms with Gasteiger partial charge in [-0.25, -0.2) is 9.59 Å². The van der Waals surface area contributed by atoms with E-state index in [1.807, 2.05) is 0 Å². The molecule has 1 heterocycles. The summed E-state index contributed by atoms with van der Waals surface area (Å²) in [6.45, 7) is 11.3. The van der Waals surface area contributed by atoms with Crippen LogP contribution in [0.1, 0.15) is 53.4 Å². The monoisotopic (exact) mass is 348 g/mol. The quantitative estimate of drug-likeness (QED) is 0.472. The van der Waals surface area contributed by atoms with Gasteiger partial charge in [0.1, 0.15) is 6.10 Å². The molecule has 6 atom stereocenters. The second kappa shape index (κ2) is 5.97. The van der Waals surface area contributed by atoms with Gasteiger partial charge in [-0.2, -0.15) is 0 Å². The van der Waals surface area contributed by atoms with Crippen LogP contribution >= 0.6 is 0 Å². The Kier molecular flexibility index (Phi) is 4.34. The number of aliphatic hydroxyl groups is 1. The third-order valence-corrected chi connectivity index (χ3v) is 6.79. The Balaban J connectivity index is 1.92. The number of rotatable bonds is 2. The van der Waals surface area contributed by atoms with E-state index in [0.717, 1.165) is 18.4 Å². The molecule has 0 aromatic carbocycles. The van der Waals surface area contributed by atoms with Crippen LogP contribution in [0.2, 0.25) is 0 Å². The molecule has 0 bridgehead atoms. The predicted molar refractivity (Wildman–Crippen MR) is 92.5 cm³/mol. The molecule has 0 aromatic heterocycles. The van der Waals surface area contributed by atoms with Gasteiger partial charge in [0.2, 0.25) is 5.60 Å². The first-order valence-corrected chi connectivity index (χ1v) is 9.08. The Morgan fingerprint density at radius 3 is 2.72 bits per heavy atom. The lowest BCUT2D eigenvalue weighted by Gasteiger charge is -2.53. The number of esters is 2. The average Bonchev–Trinajstić information content (AvgIpc) is 2.80. The van der Waals surface area contributed by atoms with Crippen molar-refractivity contribution >= 4 is 11.9 Å². The topological polar surface area (TPSA) is 72.8 Å². The molecule has 0 radical (unpaired) electrons. The Morgan fingerprint density at radius 1 is 1.40 bits per heavy atom. The molecule has 3 fully saturated rings. The molecule has 2 aliphatic carbocycles. The molecule has 0 aromatic rings. The van der Waals surface area contributed by atoms with Crippen molar-refractivity contribution in [3.8, 4) is 0 Å². The fraction of sp³-hybridized carbons (Fsp3) is 0.700. The minimum Gasteiger partial charge on any atom is -0.458 e. The Labute approximate surface area is 149 Å². The molecule has 0 spiro atoms. The maximum atomic E-state index is 12.7. The van der Waals surface area contributed by atoms with Gasteiger partial charge >= 0.3 is 11.9 Å². The largest absolute Gasteiger partial charge is 0.458 e. The van der Waals surface area contributed by atoms with Gasteiger partial charge in [0.25, 0.3) is 0 Å². The van der Waals surface area contributed by atoms with Gasteiger partial charge in [0, 0.05) is 22.8 Å². The van der Waals surface area contributed by atoms with Gasteiger partial charge in [-0.05, 0) is 46.5 Å². The van der Waals surface area contributed by atoms with Gasteiger partial charge in [0.15, 0.2) is 0 Å². The van der Waals surface area contributed by atoms with Crippen molar-refractivity contribution in [2.75, 3.05) is 0 Å². The number of allylic oxidation sites excluding steroid dienone is 1. The zero-order valence-corrected chi connectivity index (χ0v) is 15.5. The number of carbonyl (C=O) groups excluding carboxylic acids is 2. The Hall–Kier alpha value is -1.62. The molecule has 0 unspecified atom stereocenters. The maximum absolute atomic E-state index is 12.7. The first-order valence-electron chi connectivity index (χ1n) is 9.08. The van der Waals surface area contributed by atoms with Crippen molar-refractivity contribution in [2.45, 2.75) is 71.2 Å². The maximum Gasteiger partial charge on any atom is 0.351 e. The van der Waals surface area contributed by atoms with Crippen LogP contribution in [0.15, 0.2) is 23.8 Å². The highest BCUT2D eigenvalue weighted by Gasteiger charge is 2.65. The van der Waals surface area contributed by atoms with E-state index in [-0.39, 0.29) is 17.3 Å². The highest BCUT2D eigenvalue weighted by Crippen LogP contribution is 2.58. The van der Waals surface area contributed by atoms with E-state index >= 15 is 0 Å². The van der Waals surface area contributed by atoms with E-state index in [1.54, 1.807) is 26.8 Å². The SMILES string of the molecule is C=C1CC[C@@H](O)[C@]2(C)CC[C@@H]3[C@@H](OC(=O)[C@@]3(C)OC(=O)/C(C)=C\C)[C@@H]12. The van der Waals surface area contributed by atoms with E-state index in [2.05, 4.69) is 13.5 Å². The minimum atomic E-state index is -1.28. The number of hydrogen-bond acceptors (Lipinski definition) is 5. The van der Waals surface area contributed by atoms with Crippen molar-refractivity contribution < 1.29 is 24.2 Å². The number of aliphatic hydroxyl groups excluding tert-OH is 1. The molecule has 25 heavy (non-hydrogen) atoms. The summed E-state index contributed by atoms with van der Waals surface area (Å²) in [6, 6.07) is 0. The second-order valence-electron chi connectivity index (χ2n) is 8.18. The molecule has 3 aliphatic rings. The number of fused-ring (bicyclic) bond motifs is 3. The normalized spacial score (nSPS) is 44.0. The smallest absolute Gasteiger partial charge is 0.351 e. The minimum absolute atomic E-state index is 0.0951. The number of carbonyl (C=O) groups is 2. The lowest BCUT2D eigenvalue weighted by Crippen LogP contribution is -2.55. The van der Waals surface area contributed by atoms with Crippen molar-refractivity contribution in [1.29, 1.82) is 0 Å². The highest BCUT2D eigenvalue weighted by atomic mass is 16.6. The van der Waals surface area contributed by atoms with Crippen LogP contribution < -0.4 is 0 Å². The predicted octanol–water partition coefficient (Wildman–Crippen LogP) is 2.92. The molecule has 2 saturated carbocycles. The summed E-state index contributed by atoms with van der Waals surface area (Å²) in [5.41, 5.74) is -0.132. The van der Waals surface area contributed by atoms with Crippen molar-refractivity contribution in [1.82, 2.24) is 0 Å². The standard InChI is InChI=1S/C20H28O5/c1-6-11(2)17(22)25-20(5)13-9-10-19(4)14(21)8-7-12(3)15(19)16(13)24-18(20)23/h6,13-16,21H,3,7-10H2,1-2,4-5H3/b11-6-/t13-,14-,15-,16-,19+,20+/m1/s1. The summed E-state index contributed by atoms with van der Waals surface area (Å²) in [5.74, 6) is -1.29. The highest BCUT2D eigenvalue weighted by molar-refractivity contribution is 5.92. The van der Waals surface area contributed by atoms with Gasteiger partial charge in [-0.1, -0.05) is 25.2 Å². The molecular weight excluding hydrogens is 320 g/mol. The zero-order chi connectivity index (χ0) is 18.6. The van der Waals surface area contributed by atoms with Crippen LogP contribution in [0.4, 0.5) is 0 Å². The first-order chi connectivity index (χ1) is 11.6. The van der Waals surface area contributed by atoms with Crippen LogP contribution in [-0.4, -0.2) is 34.9 Å². The summed E-state index contributed by atoms with van der Waals surface area (Å²) in [5, 5.41) is 10.6. The average molecular weight is 348 g/mol. The fourth-order valence-electron chi connectivity index (χ4n) is 4.91. The van der Waals surface area contributed by atoms with Crippen LogP contribution in [0.25, 0.3) is 0 Å². The van der Waals surface area contributed by atoms with Gasteiger partial charge in [-0.15, -0.1) is 0 Å². The molecule has 1 aliphatic heterocycles. The molecule has 1 N–H and O–H groups in total. The van der Waals surface area contributed by atoms with Crippen LogP contribution in [0, 0.1) is 17.3 Å². The van der Waals surface area contributed by atoms with Crippen LogP contribution in [-0.2, 0) is 19.1 Å². The molecule has 5 heteroatoms. The number of ether oxygens (including phenoxy) is 2. The van der Waals surface area contributed by atoms with Crippen LogP contribution in [0.5, 0.6) is 0 Å². The van der Waals surface area contributed by atoms with E-state index in [4.69, 9.17) is 9.47 Å². The molecule has 1 saturated heterocycles. The molecule has 3 rings (SSSR count). The second-order valence-corrected chi connectivity index (χ2v) is 8.18. The molecule has 0 amide bonds. The van der Waals surface area contributed by atoms with Crippen molar-refractivity contribution in [3.63, 3.8) is 0 Å². The van der Waals surface area contributed by atoms with Crippen molar-refractivity contribution in [3.05, 3.63) is 23.8 Å². The Morgan fingerprint density at radius 2 is 2.08 bits per heavy atom. The summed E-state index contributed by atoms with van der Waals surface area (Å²) in [6.07, 6.45) is 3.71. The third-order valence-electron chi connectivity index (χ3n) is 6.79. The van der Waals surface area contributed by atoms with Gasteiger partial charge in [0.05, 0.1) is 6.10 Å². The summed E-state index contributed by atoms with van der Waals surface area (Å²) in [7, 11) is 0. The van der Waals surface area contributed by atoms with Gasteiger partial charge < -0.3 is 14.6 Å². The summed E-state index contributed by atoms with van der Waals surface area (Å²) >= 11 is 0. The van der Waals surface area contributed by atoms with Gasteiger partial charge in [-0.3, -0.25) is 0 Å². The van der Waals surface area contributed by atoms with E-state index in [9.17, 15) is 14.7 Å². The summed E-state index contributed by atoms with van der Waals surface area (Å²) in [4.78, 5) is 24.9.